The number of halogens is 5. The van der Waals surface area contributed by atoms with Gasteiger partial charge in [0.15, 0.2) is 0 Å². The van der Waals surface area contributed by atoms with Crippen LogP contribution < -0.4 is 10.3 Å². The molecule has 0 heterocycles. The number of carbonyl (C=O) groups is 1. The van der Waals surface area contributed by atoms with Crippen LogP contribution in [0.1, 0.15) is 15.9 Å². The first-order valence-electron chi connectivity index (χ1n) is 6.45. The molecule has 2 rings (SSSR count). The molecule has 0 aliphatic rings. The number of rotatable bonds is 4. The summed E-state index contributed by atoms with van der Waals surface area (Å²) < 4.78 is 75.2. The number of amides is 1. The summed E-state index contributed by atoms with van der Waals surface area (Å²) in [5.41, 5.74) is 0.426. The summed E-state index contributed by atoms with van der Waals surface area (Å²) in [5.74, 6) is -1.52. The Morgan fingerprint density at radius 2 is 1.64 bits per heavy atom. The van der Waals surface area contributed by atoms with Crippen molar-refractivity contribution < 1.29 is 30.8 Å². The summed E-state index contributed by atoms with van der Waals surface area (Å²) in [7, 11) is -4.49. The van der Waals surface area contributed by atoms with Crippen LogP contribution in [0.3, 0.4) is 0 Å². The van der Waals surface area contributed by atoms with Gasteiger partial charge in [-0.1, -0.05) is 11.6 Å². The molecule has 0 unspecified atom stereocenters. The molecule has 0 saturated heterocycles. The van der Waals surface area contributed by atoms with Crippen molar-refractivity contribution in [3.8, 4) is 0 Å². The molecule has 0 bridgehead atoms. The van der Waals surface area contributed by atoms with Crippen molar-refractivity contribution in [2.75, 3.05) is 0 Å². The maximum absolute atomic E-state index is 12.8. The van der Waals surface area contributed by atoms with E-state index in [1.165, 1.54) is 0 Å². The van der Waals surface area contributed by atoms with E-state index < -0.39 is 43.4 Å². The van der Waals surface area contributed by atoms with E-state index in [9.17, 15) is 30.8 Å². The topological polar surface area (TPSA) is 75.3 Å². The van der Waals surface area contributed by atoms with E-state index >= 15 is 0 Å². The van der Waals surface area contributed by atoms with Gasteiger partial charge in [-0.05, 0) is 42.5 Å². The minimum atomic E-state index is -4.85. The van der Waals surface area contributed by atoms with Gasteiger partial charge in [0.2, 0.25) is 0 Å². The summed E-state index contributed by atoms with van der Waals surface area (Å²) in [6.45, 7) is 0. The Kier molecular flexibility index (Phi) is 5.35. The van der Waals surface area contributed by atoms with Crippen LogP contribution >= 0.6 is 11.6 Å². The molecule has 2 aromatic rings. The second-order valence-electron chi connectivity index (χ2n) is 4.71. The molecular weight excluding hydrogens is 388 g/mol. The first kappa shape index (κ1) is 19.2. The van der Waals surface area contributed by atoms with Crippen molar-refractivity contribution in [3.05, 3.63) is 64.4 Å². The van der Waals surface area contributed by atoms with Crippen LogP contribution in [0.15, 0.2) is 47.4 Å². The second-order valence-corrected chi connectivity index (χ2v) is 6.80. The number of hydrazine groups is 1. The Labute approximate surface area is 144 Å². The van der Waals surface area contributed by atoms with Gasteiger partial charge in [-0.2, -0.15) is 13.2 Å². The molecule has 5 nitrogen and oxygen atoms in total. The number of sulfonamides is 1. The molecular formula is C14H9ClF4N2O3S. The molecule has 0 spiro atoms. The summed E-state index contributed by atoms with van der Waals surface area (Å²) >= 11 is 5.42. The van der Waals surface area contributed by atoms with Crippen LogP contribution in [0.25, 0.3) is 0 Å². The SMILES string of the molecule is O=C(NNS(=O)(=O)c1ccc(Cl)c(C(F)(F)F)c1)c1ccc(F)cc1. The molecule has 11 heteroatoms. The van der Waals surface area contributed by atoms with Crippen molar-refractivity contribution in [1.29, 1.82) is 0 Å². The van der Waals surface area contributed by atoms with Gasteiger partial charge in [0, 0.05) is 5.56 Å². The summed E-state index contributed by atoms with van der Waals surface area (Å²) in [6.07, 6.45) is -4.85. The summed E-state index contributed by atoms with van der Waals surface area (Å²) in [6, 6.07) is 6.14. The predicted molar refractivity (Wildman–Crippen MR) is 80.6 cm³/mol. The molecule has 0 aliphatic heterocycles. The molecule has 134 valence electrons. The number of benzene rings is 2. The fourth-order valence-corrected chi connectivity index (χ4v) is 2.82. The van der Waals surface area contributed by atoms with Crippen molar-refractivity contribution in [1.82, 2.24) is 10.3 Å². The van der Waals surface area contributed by atoms with Crippen molar-refractivity contribution in [2.24, 2.45) is 0 Å². The normalized spacial score (nSPS) is 12.0. The molecule has 25 heavy (non-hydrogen) atoms. The zero-order chi connectivity index (χ0) is 18.8. The number of carbonyl (C=O) groups excluding carboxylic acids is 1. The molecule has 2 aromatic carbocycles. The molecule has 2 N–H and O–H groups in total. The smallest absolute Gasteiger partial charge is 0.273 e. The molecule has 0 atom stereocenters. The standard InChI is InChI=1S/C14H9ClF4N2O3S/c15-12-6-5-10(7-11(12)14(17,18)19)25(23,24)21-20-13(22)8-1-3-9(16)4-2-8/h1-7,21H,(H,20,22). The quantitative estimate of drug-likeness (QED) is 0.616. The Bertz CT molecular complexity index is 899. The number of hydrogen-bond donors (Lipinski definition) is 2. The van der Waals surface area contributed by atoms with Gasteiger partial charge in [-0.15, -0.1) is 4.83 Å². The van der Waals surface area contributed by atoms with Crippen molar-refractivity contribution in [3.63, 3.8) is 0 Å². The maximum atomic E-state index is 12.8. The third kappa shape index (κ3) is 4.68. The first-order chi connectivity index (χ1) is 11.5. The fourth-order valence-electron chi connectivity index (χ4n) is 1.73. The van der Waals surface area contributed by atoms with Crippen molar-refractivity contribution >= 4 is 27.5 Å². The lowest BCUT2D eigenvalue weighted by molar-refractivity contribution is -0.137. The maximum Gasteiger partial charge on any atom is 0.417 e. The Morgan fingerprint density at radius 1 is 1.04 bits per heavy atom. The van der Waals surface area contributed by atoms with Crippen LogP contribution in [-0.4, -0.2) is 14.3 Å². The van der Waals surface area contributed by atoms with Gasteiger partial charge < -0.3 is 0 Å². The molecule has 0 aromatic heterocycles. The van der Waals surface area contributed by atoms with Gasteiger partial charge in [-0.25, -0.2) is 12.8 Å². The zero-order valence-electron chi connectivity index (χ0n) is 12.1. The van der Waals surface area contributed by atoms with Crippen LogP contribution in [0.2, 0.25) is 5.02 Å². The molecule has 0 radical (unpaired) electrons. The largest absolute Gasteiger partial charge is 0.417 e. The van der Waals surface area contributed by atoms with Crippen molar-refractivity contribution in [2.45, 2.75) is 11.1 Å². The van der Waals surface area contributed by atoms with Crippen LogP contribution in [0.5, 0.6) is 0 Å². The number of nitrogens with one attached hydrogen (secondary N) is 2. The zero-order valence-corrected chi connectivity index (χ0v) is 13.6. The highest BCUT2D eigenvalue weighted by molar-refractivity contribution is 7.89. The Hall–Kier alpha value is -2.17. The van der Waals surface area contributed by atoms with Crippen LogP contribution in [-0.2, 0) is 16.2 Å². The Balaban J connectivity index is 2.19. The third-order valence-electron chi connectivity index (χ3n) is 2.96. The molecule has 0 aliphatic carbocycles. The van der Waals surface area contributed by atoms with E-state index in [-0.39, 0.29) is 5.56 Å². The monoisotopic (exact) mass is 396 g/mol. The van der Waals surface area contributed by atoms with Crippen LogP contribution in [0, 0.1) is 5.82 Å². The van der Waals surface area contributed by atoms with E-state index in [1.54, 1.807) is 4.83 Å². The van der Waals surface area contributed by atoms with E-state index in [0.29, 0.717) is 6.07 Å². The highest BCUT2D eigenvalue weighted by atomic mass is 35.5. The molecule has 1 amide bonds. The van der Waals surface area contributed by atoms with Gasteiger partial charge in [-0.3, -0.25) is 10.2 Å². The van der Waals surface area contributed by atoms with Gasteiger partial charge in [0.25, 0.3) is 15.9 Å². The summed E-state index contributed by atoms with van der Waals surface area (Å²) in [5, 5.41) is -0.665. The van der Waals surface area contributed by atoms with Crippen LogP contribution in [0.4, 0.5) is 17.6 Å². The molecule has 0 fully saturated rings. The highest BCUT2D eigenvalue weighted by Crippen LogP contribution is 2.35. The van der Waals surface area contributed by atoms with E-state index in [2.05, 4.69) is 0 Å². The van der Waals surface area contributed by atoms with Gasteiger partial charge in [0.1, 0.15) is 5.82 Å². The van der Waals surface area contributed by atoms with E-state index in [4.69, 9.17) is 11.6 Å². The van der Waals surface area contributed by atoms with Gasteiger partial charge >= 0.3 is 6.18 Å². The lowest BCUT2D eigenvalue weighted by Crippen LogP contribution is -2.41. The van der Waals surface area contributed by atoms with E-state index in [0.717, 1.165) is 36.4 Å². The number of hydrogen-bond acceptors (Lipinski definition) is 3. The second kappa shape index (κ2) is 6.98. The highest BCUT2D eigenvalue weighted by Gasteiger charge is 2.34. The van der Waals surface area contributed by atoms with E-state index in [1.807, 2.05) is 5.43 Å². The Morgan fingerprint density at radius 3 is 2.20 bits per heavy atom. The third-order valence-corrected chi connectivity index (χ3v) is 4.53. The van der Waals surface area contributed by atoms with Gasteiger partial charge in [0.05, 0.1) is 15.5 Å². The number of alkyl halides is 3. The average molecular weight is 397 g/mol. The fraction of sp³-hybridized carbons (Fsp3) is 0.0714. The minimum Gasteiger partial charge on any atom is -0.273 e. The predicted octanol–water partition coefficient (Wildman–Crippen LogP) is 3.12. The minimum absolute atomic E-state index is 0.0591. The summed E-state index contributed by atoms with van der Waals surface area (Å²) in [4.78, 5) is 12.7. The average Bonchev–Trinajstić information content (AvgIpc) is 2.52. The first-order valence-corrected chi connectivity index (χ1v) is 8.31. The lowest BCUT2D eigenvalue weighted by atomic mass is 10.2. The molecule has 0 saturated carbocycles. The lowest BCUT2D eigenvalue weighted by Gasteiger charge is -2.12.